The van der Waals surface area contributed by atoms with Gasteiger partial charge in [0.25, 0.3) is 0 Å². The van der Waals surface area contributed by atoms with Crippen LogP contribution in [0.2, 0.25) is 6.04 Å². The van der Waals surface area contributed by atoms with Crippen molar-refractivity contribution in [2.24, 2.45) is 5.92 Å². The largest absolute Gasteiger partial charge is 0.500 e. The zero-order chi connectivity index (χ0) is 22.0. The lowest BCUT2D eigenvalue weighted by Crippen LogP contribution is -2.46. The Kier molecular flexibility index (Phi) is 10.6. The molecule has 170 valence electrons. The molecular formula is C24H40O4SSi. The summed E-state index contributed by atoms with van der Waals surface area (Å²) in [5, 5.41) is 0. The Morgan fingerprint density at radius 3 is 2.20 bits per heavy atom. The Morgan fingerprint density at radius 1 is 1.07 bits per heavy atom. The summed E-state index contributed by atoms with van der Waals surface area (Å²) >= 11 is 1.98. The predicted molar refractivity (Wildman–Crippen MR) is 128 cm³/mol. The molecule has 1 saturated carbocycles. The van der Waals surface area contributed by atoms with Gasteiger partial charge in [0.15, 0.2) is 0 Å². The average Bonchev–Trinajstić information content (AvgIpc) is 2.72. The lowest BCUT2D eigenvalue weighted by molar-refractivity contribution is -0.121. The van der Waals surface area contributed by atoms with E-state index in [1.54, 1.807) is 0 Å². The van der Waals surface area contributed by atoms with E-state index in [-0.39, 0.29) is 4.75 Å². The summed E-state index contributed by atoms with van der Waals surface area (Å²) in [5.74, 6) is 2.17. The molecular weight excluding hydrogens is 412 g/mol. The van der Waals surface area contributed by atoms with Crippen molar-refractivity contribution in [3.05, 3.63) is 35.9 Å². The average molecular weight is 453 g/mol. The van der Waals surface area contributed by atoms with Crippen LogP contribution in [-0.2, 0) is 18.1 Å². The molecule has 0 spiro atoms. The standard InChI is InChI=1S/C24H40O4SSi/c1-6-26-30(27-7-2,28-8-3)16-12-15-29-24(20(4)5)18-22(17-23(25)19-24)21-13-10-9-11-14-21/h9-11,13-14,20,22H,6-8,12,15-19H2,1-5H3. The van der Waals surface area contributed by atoms with E-state index in [4.69, 9.17) is 13.3 Å². The third kappa shape index (κ3) is 6.92. The summed E-state index contributed by atoms with van der Waals surface area (Å²) in [4.78, 5) is 12.7. The van der Waals surface area contributed by atoms with Crippen LogP contribution in [0, 0.1) is 5.92 Å². The quantitative estimate of drug-likeness (QED) is 0.268. The van der Waals surface area contributed by atoms with E-state index in [0.717, 1.165) is 24.6 Å². The molecule has 1 aliphatic rings. The number of hydrogen-bond acceptors (Lipinski definition) is 5. The first-order valence-corrected chi connectivity index (χ1v) is 14.4. The third-order valence-electron chi connectivity index (χ3n) is 6.00. The summed E-state index contributed by atoms with van der Waals surface area (Å²) in [5.41, 5.74) is 1.30. The highest BCUT2D eigenvalue weighted by atomic mass is 32.2. The first-order chi connectivity index (χ1) is 14.4. The molecule has 2 rings (SSSR count). The Hall–Kier alpha value is -0.663. The fourth-order valence-corrected chi connectivity index (χ4v) is 8.96. The molecule has 0 aliphatic heterocycles. The number of thioether (sulfide) groups is 1. The summed E-state index contributed by atoms with van der Waals surface area (Å²) < 4.78 is 18.0. The normalized spacial score (nSPS) is 22.6. The summed E-state index contributed by atoms with van der Waals surface area (Å²) in [7, 11) is -2.59. The van der Waals surface area contributed by atoms with Gasteiger partial charge in [-0.05, 0) is 56.8 Å². The molecule has 2 unspecified atom stereocenters. The number of benzene rings is 1. The molecule has 1 fully saturated rings. The van der Waals surface area contributed by atoms with Crippen LogP contribution in [0.1, 0.15) is 71.8 Å². The molecule has 0 saturated heterocycles. The number of carbonyl (C=O) groups is 1. The second-order valence-corrected chi connectivity index (χ2v) is 12.6. The molecule has 0 N–H and O–H groups in total. The van der Waals surface area contributed by atoms with Crippen LogP contribution >= 0.6 is 11.8 Å². The smallest absolute Gasteiger partial charge is 0.374 e. The Labute approximate surface area is 188 Å². The molecule has 1 aliphatic carbocycles. The number of carbonyl (C=O) groups excluding carboxylic acids is 1. The van der Waals surface area contributed by atoms with Gasteiger partial charge < -0.3 is 13.3 Å². The predicted octanol–water partition coefficient (Wildman–Crippen LogP) is 6.09. The molecule has 0 heterocycles. The summed E-state index contributed by atoms with van der Waals surface area (Å²) in [6, 6.07) is 11.4. The minimum absolute atomic E-state index is 0.00287. The van der Waals surface area contributed by atoms with Crippen molar-refractivity contribution >= 4 is 26.3 Å². The fourth-order valence-electron chi connectivity index (χ4n) is 4.48. The van der Waals surface area contributed by atoms with E-state index >= 15 is 0 Å². The zero-order valence-corrected chi connectivity index (χ0v) is 21.3. The molecule has 0 amide bonds. The van der Waals surface area contributed by atoms with Gasteiger partial charge in [-0.15, -0.1) is 0 Å². The van der Waals surface area contributed by atoms with Crippen molar-refractivity contribution in [2.45, 2.75) is 77.0 Å². The third-order valence-corrected chi connectivity index (χ3v) is 11.0. The van der Waals surface area contributed by atoms with Gasteiger partial charge in [-0.1, -0.05) is 44.2 Å². The maximum Gasteiger partial charge on any atom is 0.500 e. The lowest BCUT2D eigenvalue weighted by atomic mass is 9.72. The first kappa shape index (κ1) is 25.6. The second kappa shape index (κ2) is 12.4. The van der Waals surface area contributed by atoms with E-state index < -0.39 is 8.80 Å². The minimum Gasteiger partial charge on any atom is -0.374 e. The molecule has 1 aromatic carbocycles. The van der Waals surface area contributed by atoms with Crippen LogP contribution < -0.4 is 0 Å². The van der Waals surface area contributed by atoms with Crippen LogP contribution in [0.15, 0.2) is 30.3 Å². The van der Waals surface area contributed by atoms with Crippen molar-refractivity contribution in [1.29, 1.82) is 0 Å². The highest BCUT2D eigenvalue weighted by Crippen LogP contribution is 2.49. The molecule has 0 bridgehead atoms. The van der Waals surface area contributed by atoms with E-state index in [1.807, 2.05) is 38.6 Å². The van der Waals surface area contributed by atoms with Crippen molar-refractivity contribution in [2.75, 3.05) is 25.6 Å². The SMILES string of the molecule is CCO[Si](CCCSC1(C(C)C)CC(=O)CC(c2ccccc2)C1)(OCC)OCC. The maximum atomic E-state index is 12.7. The van der Waals surface area contributed by atoms with Crippen LogP contribution in [0.5, 0.6) is 0 Å². The van der Waals surface area contributed by atoms with Crippen LogP contribution in [0.25, 0.3) is 0 Å². The van der Waals surface area contributed by atoms with E-state index in [9.17, 15) is 4.79 Å². The van der Waals surface area contributed by atoms with Crippen molar-refractivity contribution in [1.82, 2.24) is 0 Å². The number of rotatable bonds is 13. The van der Waals surface area contributed by atoms with Gasteiger partial charge in [-0.3, -0.25) is 4.79 Å². The van der Waals surface area contributed by atoms with Crippen molar-refractivity contribution < 1.29 is 18.1 Å². The molecule has 30 heavy (non-hydrogen) atoms. The molecule has 2 atom stereocenters. The molecule has 4 nitrogen and oxygen atoms in total. The molecule has 0 radical (unpaired) electrons. The topological polar surface area (TPSA) is 44.8 Å². The number of Topliss-reactive ketones (excluding diaryl/α,β-unsaturated/α-hetero) is 1. The summed E-state index contributed by atoms with van der Waals surface area (Å²) in [6.45, 7) is 12.4. The maximum absolute atomic E-state index is 12.7. The lowest BCUT2D eigenvalue weighted by Gasteiger charge is -2.43. The van der Waals surface area contributed by atoms with Gasteiger partial charge in [0.2, 0.25) is 0 Å². The number of ketones is 1. The van der Waals surface area contributed by atoms with Gasteiger partial charge in [0, 0.05) is 43.5 Å². The molecule has 1 aromatic rings. The van der Waals surface area contributed by atoms with E-state index in [1.165, 1.54) is 5.56 Å². The first-order valence-electron chi connectivity index (χ1n) is 11.5. The van der Waals surface area contributed by atoms with Crippen molar-refractivity contribution in [3.8, 4) is 0 Å². The summed E-state index contributed by atoms with van der Waals surface area (Å²) in [6.07, 6.45) is 3.41. The van der Waals surface area contributed by atoms with Crippen LogP contribution in [0.3, 0.4) is 0 Å². The highest BCUT2D eigenvalue weighted by molar-refractivity contribution is 8.00. The van der Waals surface area contributed by atoms with Crippen LogP contribution in [-0.4, -0.2) is 44.9 Å². The van der Waals surface area contributed by atoms with Gasteiger partial charge in [0.05, 0.1) is 0 Å². The van der Waals surface area contributed by atoms with Gasteiger partial charge in [-0.2, -0.15) is 11.8 Å². The molecule has 6 heteroatoms. The fraction of sp³-hybridized carbons (Fsp3) is 0.708. The Morgan fingerprint density at radius 2 is 1.67 bits per heavy atom. The monoisotopic (exact) mass is 452 g/mol. The Balaban J connectivity index is 2.04. The van der Waals surface area contributed by atoms with Gasteiger partial charge in [-0.25, -0.2) is 0 Å². The highest BCUT2D eigenvalue weighted by Gasteiger charge is 2.44. The zero-order valence-electron chi connectivity index (χ0n) is 19.4. The van der Waals surface area contributed by atoms with Gasteiger partial charge in [0.1, 0.15) is 5.78 Å². The van der Waals surface area contributed by atoms with E-state index in [2.05, 4.69) is 38.1 Å². The Bertz CT molecular complexity index is 622. The van der Waals surface area contributed by atoms with Gasteiger partial charge >= 0.3 is 8.80 Å². The second-order valence-electron chi connectivity index (χ2n) is 8.38. The number of hydrogen-bond donors (Lipinski definition) is 0. The van der Waals surface area contributed by atoms with Crippen molar-refractivity contribution in [3.63, 3.8) is 0 Å². The minimum atomic E-state index is -2.59. The van der Waals surface area contributed by atoms with E-state index in [0.29, 0.717) is 50.3 Å². The van der Waals surface area contributed by atoms with Crippen LogP contribution in [0.4, 0.5) is 0 Å². The molecule has 0 aromatic heterocycles.